The number of carboxylic acids is 1. The summed E-state index contributed by atoms with van der Waals surface area (Å²) in [6, 6.07) is -3.07. The number of rotatable bonds is 11. The molecule has 7 N–H and O–H groups in total. The van der Waals surface area contributed by atoms with Crippen LogP contribution in [0.1, 0.15) is 34.1 Å². The number of carboxylic acid groups (broad SMARTS) is 1. The SMILES string of the molecule is CCC(C)C(N)C(=O)NC(C(=O)NC(CO)C(=O)NCC(=O)O)C(C)C. The van der Waals surface area contributed by atoms with Gasteiger partial charge in [-0.05, 0) is 11.8 Å². The topological polar surface area (TPSA) is 171 Å². The second-order valence-electron chi connectivity index (χ2n) is 6.50. The molecule has 0 aliphatic rings. The summed E-state index contributed by atoms with van der Waals surface area (Å²) < 4.78 is 0. The number of nitrogens with one attached hydrogen (secondary N) is 3. The van der Waals surface area contributed by atoms with Crippen molar-refractivity contribution in [2.45, 2.75) is 52.2 Å². The molecule has 0 aromatic carbocycles. The summed E-state index contributed by atoms with van der Waals surface area (Å²) in [4.78, 5) is 46.9. The highest BCUT2D eigenvalue weighted by Gasteiger charge is 2.30. The van der Waals surface area contributed by atoms with E-state index >= 15 is 0 Å². The van der Waals surface area contributed by atoms with Crippen LogP contribution >= 0.6 is 0 Å². The average molecular weight is 374 g/mol. The summed E-state index contributed by atoms with van der Waals surface area (Å²) in [5, 5.41) is 24.8. The van der Waals surface area contributed by atoms with E-state index < -0.39 is 55.0 Å². The molecule has 0 bridgehead atoms. The Morgan fingerprint density at radius 3 is 2.00 bits per heavy atom. The Kier molecular flexibility index (Phi) is 10.5. The van der Waals surface area contributed by atoms with Gasteiger partial charge in [0.05, 0.1) is 12.6 Å². The first kappa shape index (κ1) is 23.8. The Hall–Kier alpha value is -2.20. The van der Waals surface area contributed by atoms with Crippen LogP contribution in [-0.4, -0.2) is 65.2 Å². The van der Waals surface area contributed by atoms with E-state index in [-0.39, 0.29) is 11.8 Å². The van der Waals surface area contributed by atoms with E-state index in [9.17, 15) is 24.3 Å². The molecule has 0 aromatic heterocycles. The lowest BCUT2D eigenvalue weighted by atomic mass is 9.97. The fraction of sp³-hybridized carbons (Fsp3) is 0.750. The maximum Gasteiger partial charge on any atom is 0.322 e. The van der Waals surface area contributed by atoms with Crippen LogP contribution in [0.3, 0.4) is 0 Å². The predicted octanol–water partition coefficient (Wildman–Crippen LogP) is -1.82. The molecule has 10 heteroatoms. The van der Waals surface area contributed by atoms with Crippen LogP contribution in [0.25, 0.3) is 0 Å². The van der Waals surface area contributed by atoms with Gasteiger partial charge >= 0.3 is 5.97 Å². The monoisotopic (exact) mass is 374 g/mol. The van der Waals surface area contributed by atoms with Crippen molar-refractivity contribution in [3.63, 3.8) is 0 Å². The first-order chi connectivity index (χ1) is 12.0. The quantitative estimate of drug-likeness (QED) is 0.247. The second kappa shape index (κ2) is 11.4. The molecule has 3 amide bonds. The summed E-state index contributed by atoms with van der Waals surface area (Å²) in [7, 11) is 0. The Bertz CT molecular complexity index is 511. The van der Waals surface area contributed by atoms with Crippen LogP contribution in [0, 0.1) is 11.8 Å². The number of aliphatic hydroxyl groups excluding tert-OH is 1. The molecule has 4 atom stereocenters. The lowest BCUT2D eigenvalue weighted by molar-refractivity contribution is -0.139. The van der Waals surface area contributed by atoms with Crippen LogP contribution < -0.4 is 21.7 Å². The molecule has 0 fully saturated rings. The zero-order chi connectivity index (χ0) is 20.4. The summed E-state index contributed by atoms with van der Waals surface area (Å²) in [5.41, 5.74) is 5.86. The number of carbonyl (C=O) groups excluding carboxylic acids is 3. The Labute approximate surface area is 152 Å². The Morgan fingerprint density at radius 2 is 1.58 bits per heavy atom. The third-order valence-corrected chi connectivity index (χ3v) is 4.04. The molecule has 0 saturated heterocycles. The van der Waals surface area contributed by atoms with E-state index in [1.54, 1.807) is 13.8 Å². The van der Waals surface area contributed by atoms with Crippen LogP contribution in [0.2, 0.25) is 0 Å². The van der Waals surface area contributed by atoms with Crippen molar-refractivity contribution in [1.29, 1.82) is 0 Å². The third kappa shape index (κ3) is 7.79. The van der Waals surface area contributed by atoms with Gasteiger partial charge < -0.3 is 31.9 Å². The van der Waals surface area contributed by atoms with Crippen molar-refractivity contribution in [3.05, 3.63) is 0 Å². The number of hydrogen-bond acceptors (Lipinski definition) is 6. The zero-order valence-corrected chi connectivity index (χ0v) is 15.6. The van der Waals surface area contributed by atoms with Crippen LogP contribution in [0.5, 0.6) is 0 Å². The van der Waals surface area contributed by atoms with Crippen molar-refractivity contribution in [1.82, 2.24) is 16.0 Å². The smallest absolute Gasteiger partial charge is 0.322 e. The molecule has 0 heterocycles. The maximum atomic E-state index is 12.4. The van der Waals surface area contributed by atoms with Gasteiger partial charge in [0.15, 0.2) is 0 Å². The Balaban J connectivity index is 4.97. The van der Waals surface area contributed by atoms with Gasteiger partial charge in [0.2, 0.25) is 17.7 Å². The first-order valence-electron chi connectivity index (χ1n) is 8.51. The minimum absolute atomic E-state index is 0.0714. The average Bonchev–Trinajstić information content (AvgIpc) is 2.59. The summed E-state index contributed by atoms with van der Waals surface area (Å²) >= 11 is 0. The zero-order valence-electron chi connectivity index (χ0n) is 15.6. The van der Waals surface area contributed by atoms with Gasteiger partial charge in [-0.25, -0.2) is 0 Å². The third-order valence-electron chi connectivity index (χ3n) is 4.04. The molecular weight excluding hydrogens is 344 g/mol. The summed E-state index contributed by atoms with van der Waals surface area (Å²) in [6.07, 6.45) is 0.698. The first-order valence-corrected chi connectivity index (χ1v) is 8.51. The second-order valence-corrected chi connectivity index (χ2v) is 6.50. The van der Waals surface area contributed by atoms with E-state index in [1.165, 1.54) is 0 Å². The number of amides is 3. The van der Waals surface area contributed by atoms with E-state index in [1.807, 2.05) is 13.8 Å². The largest absolute Gasteiger partial charge is 0.480 e. The highest BCUT2D eigenvalue weighted by Crippen LogP contribution is 2.08. The maximum absolute atomic E-state index is 12.4. The van der Waals surface area contributed by atoms with Gasteiger partial charge in [0, 0.05) is 0 Å². The van der Waals surface area contributed by atoms with E-state index in [0.717, 1.165) is 0 Å². The van der Waals surface area contributed by atoms with E-state index in [4.69, 9.17) is 10.8 Å². The fourth-order valence-corrected chi connectivity index (χ4v) is 2.04. The Morgan fingerprint density at radius 1 is 1.00 bits per heavy atom. The molecule has 0 spiro atoms. The van der Waals surface area contributed by atoms with E-state index in [0.29, 0.717) is 6.42 Å². The van der Waals surface area contributed by atoms with Gasteiger partial charge in [0.1, 0.15) is 18.6 Å². The van der Waals surface area contributed by atoms with Crippen LogP contribution in [0.15, 0.2) is 0 Å². The molecule has 0 rings (SSSR count). The minimum atomic E-state index is -1.33. The fourth-order valence-electron chi connectivity index (χ4n) is 2.04. The number of aliphatic hydroxyl groups is 1. The highest BCUT2D eigenvalue weighted by molar-refractivity contribution is 5.93. The number of hydrogen-bond donors (Lipinski definition) is 6. The van der Waals surface area contributed by atoms with Gasteiger partial charge in [-0.2, -0.15) is 0 Å². The number of nitrogens with two attached hydrogens (primary N) is 1. The molecule has 26 heavy (non-hydrogen) atoms. The number of aliphatic carboxylic acids is 1. The minimum Gasteiger partial charge on any atom is -0.480 e. The van der Waals surface area contributed by atoms with Crippen LogP contribution in [0.4, 0.5) is 0 Å². The molecule has 4 unspecified atom stereocenters. The van der Waals surface area contributed by atoms with Gasteiger partial charge in [-0.3, -0.25) is 19.2 Å². The van der Waals surface area contributed by atoms with Crippen molar-refractivity contribution >= 4 is 23.7 Å². The molecule has 0 radical (unpaired) electrons. The molecule has 0 aromatic rings. The molecule has 0 aliphatic heterocycles. The number of carbonyl (C=O) groups is 4. The van der Waals surface area contributed by atoms with Crippen molar-refractivity contribution < 1.29 is 29.4 Å². The van der Waals surface area contributed by atoms with Crippen LogP contribution in [-0.2, 0) is 19.2 Å². The molecule has 0 aliphatic carbocycles. The summed E-state index contributed by atoms with van der Waals surface area (Å²) in [6.45, 7) is 5.77. The van der Waals surface area contributed by atoms with Gasteiger partial charge in [0.25, 0.3) is 0 Å². The normalized spacial score (nSPS) is 15.5. The molecular formula is C16H30N4O6. The van der Waals surface area contributed by atoms with Crippen molar-refractivity contribution in [2.75, 3.05) is 13.2 Å². The molecule has 0 saturated carbocycles. The van der Waals surface area contributed by atoms with Gasteiger partial charge in [-0.15, -0.1) is 0 Å². The standard InChI is InChI=1S/C16H30N4O6/c1-5-9(4)12(17)15(25)20-13(8(2)3)16(26)19-10(7-21)14(24)18-6-11(22)23/h8-10,12-13,21H,5-7,17H2,1-4H3,(H,18,24)(H,19,26)(H,20,25)(H,22,23). The van der Waals surface area contributed by atoms with Crippen molar-refractivity contribution in [2.24, 2.45) is 17.6 Å². The summed E-state index contributed by atoms with van der Waals surface area (Å²) in [5.74, 6) is -3.62. The lowest BCUT2D eigenvalue weighted by Gasteiger charge is -2.26. The van der Waals surface area contributed by atoms with E-state index in [2.05, 4.69) is 16.0 Å². The lowest BCUT2D eigenvalue weighted by Crippen LogP contribution is -2.59. The van der Waals surface area contributed by atoms with Gasteiger partial charge in [-0.1, -0.05) is 34.1 Å². The molecule has 150 valence electrons. The molecule has 10 nitrogen and oxygen atoms in total. The van der Waals surface area contributed by atoms with Crippen molar-refractivity contribution in [3.8, 4) is 0 Å². The predicted molar refractivity (Wildman–Crippen MR) is 93.9 cm³/mol. The highest BCUT2D eigenvalue weighted by atomic mass is 16.4.